The Hall–Kier alpha value is -3.41. The lowest BCUT2D eigenvalue weighted by Gasteiger charge is -2.12. The number of nitrogens with one attached hydrogen (secondary N) is 2. The standard InChI is InChI=1S/C20H17FN2O3/c1-12-5-3-6-15(21)18(12)20(25)22-14-8-9-16(13(2)11-14)23-19(24)17-7-4-10-26-17/h3-11H,1-2H3,(H,22,25)(H,23,24). The number of halogens is 1. The minimum atomic E-state index is -0.568. The van der Waals surface area contributed by atoms with Gasteiger partial charge in [0.25, 0.3) is 11.8 Å². The molecule has 0 aliphatic rings. The molecular weight excluding hydrogens is 335 g/mol. The van der Waals surface area contributed by atoms with Crippen LogP contribution in [0.25, 0.3) is 0 Å². The first kappa shape index (κ1) is 17.4. The molecule has 0 fully saturated rings. The van der Waals surface area contributed by atoms with Crippen LogP contribution >= 0.6 is 0 Å². The molecule has 132 valence electrons. The van der Waals surface area contributed by atoms with Gasteiger partial charge in [0.2, 0.25) is 0 Å². The van der Waals surface area contributed by atoms with E-state index in [1.807, 2.05) is 0 Å². The number of benzene rings is 2. The number of furan rings is 1. The third-order valence-electron chi connectivity index (χ3n) is 3.93. The van der Waals surface area contributed by atoms with Crippen LogP contribution in [0.5, 0.6) is 0 Å². The first-order chi connectivity index (χ1) is 12.5. The first-order valence-electron chi connectivity index (χ1n) is 7.97. The van der Waals surface area contributed by atoms with Crippen LogP contribution in [-0.2, 0) is 0 Å². The third-order valence-corrected chi connectivity index (χ3v) is 3.93. The molecule has 0 unspecified atom stereocenters. The lowest BCUT2D eigenvalue weighted by atomic mass is 10.1. The van der Waals surface area contributed by atoms with Gasteiger partial charge in [0.15, 0.2) is 5.76 Å². The third kappa shape index (κ3) is 3.64. The Kier molecular flexibility index (Phi) is 4.84. The van der Waals surface area contributed by atoms with Crippen LogP contribution in [0.3, 0.4) is 0 Å². The zero-order chi connectivity index (χ0) is 18.7. The van der Waals surface area contributed by atoms with Gasteiger partial charge in [0.1, 0.15) is 5.82 Å². The van der Waals surface area contributed by atoms with E-state index in [9.17, 15) is 14.0 Å². The van der Waals surface area contributed by atoms with Gasteiger partial charge in [-0.3, -0.25) is 9.59 Å². The fourth-order valence-electron chi connectivity index (χ4n) is 2.59. The molecule has 3 rings (SSSR count). The van der Waals surface area contributed by atoms with Crippen molar-refractivity contribution in [3.05, 3.63) is 83.1 Å². The zero-order valence-electron chi connectivity index (χ0n) is 14.3. The highest BCUT2D eigenvalue weighted by Crippen LogP contribution is 2.22. The summed E-state index contributed by atoms with van der Waals surface area (Å²) in [5.74, 6) is -1.25. The number of aryl methyl sites for hydroxylation is 2. The van der Waals surface area contributed by atoms with E-state index in [1.54, 1.807) is 56.3 Å². The lowest BCUT2D eigenvalue weighted by molar-refractivity contribution is 0.0994. The van der Waals surface area contributed by atoms with Crippen LogP contribution in [0.15, 0.2) is 59.2 Å². The molecule has 2 amide bonds. The van der Waals surface area contributed by atoms with Crippen LogP contribution < -0.4 is 10.6 Å². The maximum atomic E-state index is 13.9. The van der Waals surface area contributed by atoms with E-state index in [-0.39, 0.29) is 17.2 Å². The number of carbonyl (C=O) groups excluding carboxylic acids is 2. The second-order valence-corrected chi connectivity index (χ2v) is 5.85. The van der Waals surface area contributed by atoms with Crippen molar-refractivity contribution in [3.8, 4) is 0 Å². The Labute approximate surface area is 149 Å². The molecule has 0 atom stereocenters. The first-order valence-corrected chi connectivity index (χ1v) is 7.97. The summed E-state index contributed by atoms with van der Waals surface area (Å²) in [5.41, 5.74) is 2.41. The molecule has 26 heavy (non-hydrogen) atoms. The quantitative estimate of drug-likeness (QED) is 0.724. The van der Waals surface area contributed by atoms with E-state index in [4.69, 9.17) is 4.42 Å². The topological polar surface area (TPSA) is 71.3 Å². The Balaban J connectivity index is 1.75. The van der Waals surface area contributed by atoms with Gasteiger partial charge in [0, 0.05) is 11.4 Å². The van der Waals surface area contributed by atoms with Gasteiger partial charge in [0.05, 0.1) is 11.8 Å². The minimum Gasteiger partial charge on any atom is -0.459 e. The molecule has 6 heteroatoms. The summed E-state index contributed by atoms with van der Waals surface area (Å²) in [6.45, 7) is 3.47. The largest absolute Gasteiger partial charge is 0.459 e. The Bertz CT molecular complexity index is 945. The van der Waals surface area contributed by atoms with E-state index in [0.29, 0.717) is 16.9 Å². The van der Waals surface area contributed by atoms with E-state index >= 15 is 0 Å². The van der Waals surface area contributed by atoms with Crippen LogP contribution in [-0.4, -0.2) is 11.8 Å². The fraction of sp³-hybridized carbons (Fsp3) is 0.100. The smallest absolute Gasteiger partial charge is 0.291 e. The maximum Gasteiger partial charge on any atom is 0.291 e. The predicted octanol–water partition coefficient (Wildman–Crippen LogP) is 4.54. The Morgan fingerprint density at radius 3 is 2.38 bits per heavy atom. The van der Waals surface area contributed by atoms with Crippen molar-refractivity contribution in [1.82, 2.24) is 0 Å². The number of anilines is 2. The summed E-state index contributed by atoms with van der Waals surface area (Å²) in [6, 6.07) is 12.7. The number of hydrogen-bond donors (Lipinski definition) is 2. The lowest BCUT2D eigenvalue weighted by Crippen LogP contribution is -2.16. The molecule has 2 aromatic carbocycles. The number of hydrogen-bond acceptors (Lipinski definition) is 3. The molecule has 0 aliphatic carbocycles. The van der Waals surface area contributed by atoms with Gasteiger partial charge < -0.3 is 15.1 Å². The van der Waals surface area contributed by atoms with Gasteiger partial charge >= 0.3 is 0 Å². The molecule has 0 saturated carbocycles. The normalized spacial score (nSPS) is 10.4. The average molecular weight is 352 g/mol. The number of carbonyl (C=O) groups is 2. The summed E-state index contributed by atoms with van der Waals surface area (Å²) in [4.78, 5) is 24.4. The number of rotatable bonds is 4. The van der Waals surface area contributed by atoms with Gasteiger partial charge in [-0.25, -0.2) is 4.39 Å². The molecule has 0 spiro atoms. The fourth-order valence-corrected chi connectivity index (χ4v) is 2.59. The summed E-state index contributed by atoms with van der Waals surface area (Å²) in [6.07, 6.45) is 1.42. The second-order valence-electron chi connectivity index (χ2n) is 5.85. The Morgan fingerprint density at radius 2 is 1.73 bits per heavy atom. The minimum absolute atomic E-state index is 0.0142. The highest BCUT2D eigenvalue weighted by molar-refractivity contribution is 6.06. The van der Waals surface area contributed by atoms with Crippen molar-refractivity contribution in [1.29, 1.82) is 0 Å². The van der Waals surface area contributed by atoms with Gasteiger partial charge in [-0.05, 0) is 61.4 Å². The molecule has 0 bridgehead atoms. The molecule has 2 N–H and O–H groups in total. The molecule has 0 radical (unpaired) electrons. The highest BCUT2D eigenvalue weighted by atomic mass is 19.1. The van der Waals surface area contributed by atoms with Gasteiger partial charge in [-0.15, -0.1) is 0 Å². The van der Waals surface area contributed by atoms with Crippen molar-refractivity contribution < 1.29 is 18.4 Å². The van der Waals surface area contributed by atoms with Crippen LogP contribution in [0.4, 0.5) is 15.8 Å². The summed E-state index contributed by atoms with van der Waals surface area (Å²) in [5, 5.41) is 5.42. The molecule has 1 heterocycles. The van der Waals surface area contributed by atoms with Gasteiger partial charge in [-0.2, -0.15) is 0 Å². The summed E-state index contributed by atoms with van der Waals surface area (Å²) >= 11 is 0. The summed E-state index contributed by atoms with van der Waals surface area (Å²) < 4.78 is 19.0. The maximum absolute atomic E-state index is 13.9. The van der Waals surface area contributed by atoms with Crippen LogP contribution in [0, 0.1) is 19.7 Å². The highest BCUT2D eigenvalue weighted by Gasteiger charge is 2.15. The van der Waals surface area contributed by atoms with Crippen LogP contribution in [0.2, 0.25) is 0 Å². The average Bonchev–Trinajstić information content (AvgIpc) is 3.12. The monoisotopic (exact) mass is 352 g/mol. The van der Waals surface area contributed by atoms with Crippen molar-refractivity contribution >= 4 is 23.2 Å². The van der Waals surface area contributed by atoms with Gasteiger partial charge in [-0.1, -0.05) is 12.1 Å². The van der Waals surface area contributed by atoms with Crippen molar-refractivity contribution in [2.24, 2.45) is 0 Å². The molecule has 0 saturated heterocycles. The predicted molar refractivity (Wildman–Crippen MR) is 96.9 cm³/mol. The van der Waals surface area contributed by atoms with E-state index in [2.05, 4.69) is 10.6 Å². The SMILES string of the molecule is Cc1cc(NC(=O)c2c(C)cccc2F)ccc1NC(=O)c1ccco1. The zero-order valence-corrected chi connectivity index (χ0v) is 14.3. The van der Waals surface area contributed by atoms with Crippen molar-refractivity contribution in [2.75, 3.05) is 10.6 Å². The van der Waals surface area contributed by atoms with E-state index in [0.717, 1.165) is 5.56 Å². The van der Waals surface area contributed by atoms with Crippen molar-refractivity contribution in [2.45, 2.75) is 13.8 Å². The van der Waals surface area contributed by atoms with Crippen LogP contribution in [0.1, 0.15) is 32.0 Å². The molecule has 5 nitrogen and oxygen atoms in total. The Morgan fingerprint density at radius 1 is 0.923 bits per heavy atom. The second kappa shape index (κ2) is 7.23. The molecular formula is C20H17FN2O3. The molecule has 1 aromatic heterocycles. The van der Waals surface area contributed by atoms with E-state index < -0.39 is 11.7 Å². The molecule has 0 aliphatic heterocycles. The summed E-state index contributed by atoms with van der Waals surface area (Å²) in [7, 11) is 0. The van der Waals surface area contributed by atoms with E-state index in [1.165, 1.54) is 12.3 Å². The number of amides is 2. The van der Waals surface area contributed by atoms with Crippen molar-refractivity contribution in [3.63, 3.8) is 0 Å². The molecule has 3 aromatic rings.